The van der Waals surface area contributed by atoms with Crippen molar-refractivity contribution in [3.05, 3.63) is 34.7 Å². The van der Waals surface area contributed by atoms with Crippen LogP contribution in [0.25, 0.3) is 0 Å². The summed E-state index contributed by atoms with van der Waals surface area (Å²) in [7, 11) is -3.37. The molecular formula is C13H15ClFN7O5S. The number of hydrogen-bond donors (Lipinski definition) is 5. The Morgan fingerprint density at radius 1 is 1.36 bits per heavy atom. The van der Waals surface area contributed by atoms with E-state index in [0.717, 1.165) is 12.3 Å². The molecule has 0 aliphatic rings. The van der Waals surface area contributed by atoms with Crippen molar-refractivity contribution >= 4 is 45.0 Å². The molecule has 0 radical (unpaired) electrons. The van der Waals surface area contributed by atoms with E-state index < -0.39 is 21.9 Å². The first-order valence-corrected chi connectivity index (χ1v) is 9.73. The highest BCUT2D eigenvalue weighted by molar-refractivity contribution is 7.88. The SMILES string of the molecule is CS(=O)(=O)NCCNC(=O)Nc1nonc1C(=Nc1ccc(F)c(Cl)c1)NO. The number of halogens is 2. The Labute approximate surface area is 163 Å². The van der Waals surface area contributed by atoms with Gasteiger partial charge in [-0.1, -0.05) is 11.6 Å². The van der Waals surface area contributed by atoms with E-state index in [4.69, 9.17) is 11.6 Å². The molecule has 1 heterocycles. The fourth-order valence-electron chi connectivity index (χ4n) is 1.80. The van der Waals surface area contributed by atoms with E-state index in [1.165, 1.54) is 12.1 Å². The molecule has 2 amide bonds. The number of sulfonamides is 1. The molecule has 0 aliphatic heterocycles. The maximum atomic E-state index is 13.2. The molecule has 152 valence electrons. The molecule has 0 saturated heterocycles. The number of aliphatic imine (C=N–C) groups is 1. The lowest BCUT2D eigenvalue weighted by Crippen LogP contribution is -2.37. The number of anilines is 1. The van der Waals surface area contributed by atoms with Gasteiger partial charge in [-0.25, -0.2) is 31.9 Å². The molecule has 0 aliphatic carbocycles. The third kappa shape index (κ3) is 6.41. The van der Waals surface area contributed by atoms with E-state index in [0.29, 0.717) is 0 Å². The Bertz CT molecular complexity index is 981. The standard InChI is InChI=1S/C13H15ClFN7O5S/c1-28(25,26)17-5-4-16-13(23)19-12-10(21-27-22-12)11(20-24)18-7-2-3-9(15)8(14)6-7/h2-3,6,17,24H,4-5H2,1H3,(H,18,20)(H2,16,19,22,23). The lowest BCUT2D eigenvalue weighted by Gasteiger charge is -2.07. The highest BCUT2D eigenvalue weighted by Crippen LogP contribution is 2.22. The molecule has 2 aromatic rings. The molecule has 0 spiro atoms. The van der Waals surface area contributed by atoms with Crippen molar-refractivity contribution in [2.24, 2.45) is 4.99 Å². The van der Waals surface area contributed by atoms with Crippen LogP contribution in [0.3, 0.4) is 0 Å². The van der Waals surface area contributed by atoms with Crippen LogP contribution in [0.1, 0.15) is 5.69 Å². The number of hydrogen-bond acceptors (Lipinski definition) is 8. The van der Waals surface area contributed by atoms with Crippen LogP contribution in [0.15, 0.2) is 27.8 Å². The topological polar surface area (TPSA) is 171 Å². The Morgan fingerprint density at radius 2 is 2.11 bits per heavy atom. The molecule has 5 N–H and O–H groups in total. The van der Waals surface area contributed by atoms with E-state index in [1.54, 1.807) is 5.48 Å². The summed E-state index contributed by atoms with van der Waals surface area (Å²) in [6.07, 6.45) is 0.984. The zero-order chi connectivity index (χ0) is 20.7. The van der Waals surface area contributed by atoms with E-state index in [2.05, 4.69) is 35.3 Å². The van der Waals surface area contributed by atoms with Crippen LogP contribution in [0.2, 0.25) is 5.02 Å². The van der Waals surface area contributed by atoms with Crippen LogP contribution in [0.4, 0.5) is 20.7 Å². The fourth-order valence-corrected chi connectivity index (χ4v) is 2.45. The smallest absolute Gasteiger partial charge is 0.320 e. The van der Waals surface area contributed by atoms with Gasteiger partial charge in [0.15, 0.2) is 11.5 Å². The minimum absolute atomic E-state index is 0.00715. The van der Waals surface area contributed by atoms with Crippen molar-refractivity contribution in [1.29, 1.82) is 0 Å². The second kappa shape index (κ2) is 9.41. The molecule has 0 fully saturated rings. The van der Waals surface area contributed by atoms with Crippen molar-refractivity contribution < 1.29 is 27.4 Å². The summed E-state index contributed by atoms with van der Waals surface area (Å²) in [5, 5.41) is 20.8. The highest BCUT2D eigenvalue weighted by Gasteiger charge is 2.19. The number of hydroxylamine groups is 1. The zero-order valence-corrected chi connectivity index (χ0v) is 15.8. The van der Waals surface area contributed by atoms with Crippen molar-refractivity contribution in [2.45, 2.75) is 0 Å². The minimum Gasteiger partial charge on any atom is -0.337 e. The summed E-state index contributed by atoms with van der Waals surface area (Å²) in [6, 6.07) is 2.83. The van der Waals surface area contributed by atoms with Gasteiger partial charge in [-0.15, -0.1) is 0 Å². The van der Waals surface area contributed by atoms with Gasteiger partial charge in [-0.3, -0.25) is 16.0 Å². The Hall–Kier alpha value is -2.81. The lowest BCUT2D eigenvalue weighted by atomic mass is 10.3. The number of aromatic nitrogens is 2. The second-order valence-electron chi connectivity index (χ2n) is 5.18. The predicted octanol–water partition coefficient (Wildman–Crippen LogP) is 0.590. The summed E-state index contributed by atoms with van der Waals surface area (Å²) >= 11 is 5.67. The van der Waals surface area contributed by atoms with Gasteiger partial charge < -0.3 is 5.32 Å². The molecule has 0 unspecified atom stereocenters. The first-order valence-electron chi connectivity index (χ1n) is 7.46. The first kappa shape index (κ1) is 21.5. The molecule has 0 atom stereocenters. The number of rotatable bonds is 7. The number of carbonyl (C=O) groups excluding carboxylic acids is 1. The third-order valence-electron chi connectivity index (χ3n) is 2.97. The van der Waals surface area contributed by atoms with E-state index >= 15 is 0 Å². The lowest BCUT2D eigenvalue weighted by molar-refractivity contribution is 0.234. The van der Waals surface area contributed by atoms with Crippen molar-refractivity contribution in [3.8, 4) is 0 Å². The first-order chi connectivity index (χ1) is 13.2. The average Bonchev–Trinajstić information content (AvgIpc) is 3.06. The number of amides is 2. The summed E-state index contributed by atoms with van der Waals surface area (Å²) < 4.78 is 41.8. The van der Waals surface area contributed by atoms with Gasteiger partial charge in [-0.05, 0) is 28.5 Å². The van der Waals surface area contributed by atoms with Crippen LogP contribution in [0, 0.1) is 5.82 Å². The van der Waals surface area contributed by atoms with Gasteiger partial charge >= 0.3 is 6.03 Å². The summed E-state index contributed by atoms with van der Waals surface area (Å²) in [4.78, 5) is 15.8. The fraction of sp³-hybridized carbons (Fsp3) is 0.231. The summed E-state index contributed by atoms with van der Waals surface area (Å²) in [5.41, 5.74) is 1.79. The number of benzene rings is 1. The van der Waals surface area contributed by atoms with E-state index in [1.807, 2.05) is 0 Å². The van der Waals surface area contributed by atoms with E-state index in [-0.39, 0.29) is 41.1 Å². The molecule has 1 aromatic heterocycles. The Morgan fingerprint density at radius 3 is 2.75 bits per heavy atom. The molecule has 0 bridgehead atoms. The average molecular weight is 436 g/mol. The molecule has 12 nitrogen and oxygen atoms in total. The van der Waals surface area contributed by atoms with Crippen LogP contribution in [-0.2, 0) is 10.0 Å². The van der Waals surface area contributed by atoms with Crippen LogP contribution < -0.4 is 20.8 Å². The quantitative estimate of drug-likeness (QED) is 0.182. The van der Waals surface area contributed by atoms with Gasteiger partial charge in [-0.2, -0.15) is 0 Å². The Kier molecular flexibility index (Phi) is 7.22. The van der Waals surface area contributed by atoms with Crippen molar-refractivity contribution in [3.63, 3.8) is 0 Å². The second-order valence-corrected chi connectivity index (χ2v) is 7.42. The van der Waals surface area contributed by atoms with Crippen molar-refractivity contribution in [1.82, 2.24) is 25.8 Å². The molecule has 28 heavy (non-hydrogen) atoms. The maximum absolute atomic E-state index is 13.2. The summed E-state index contributed by atoms with van der Waals surface area (Å²) in [6.45, 7) is -0.0286. The highest BCUT2D eigenvalue weighted by atomic mass is 35.5. The zero-order valence-electron chi connectivity index (χ0n) is 14.2. The molecular weight excluding hydrogens is 421 g/mol. The largest absolute Gasteiger partial charge is 0.337 e. The molecule has 0 saturated carbocycles. The number of urea groups is 1. The minimum atomic E-state index is -3.37. The van der Waals surface area contributed by atoms with Crippen LogP contribution in [0.5, 0.6) is 0 Å². The van der Waals surface area contributed by atoms with Gasteiger partial charge in [0.05, 0.1) is 17.0 Å². The third-order valence-corrected chi connectivity index (χ3v) is 3.99. The maximum Gasteiger partial charge on any atom is 0.320 e. The number of amidine groups is 1. The number of nitrogens with one attached hydrogen (secondary N) is 4. The molecule has 2 rings (SSSR count). The van der Waals surface area contributed by atoms with E-state index in [9.17, 15) is 22.8 Å². The molecule has 15 heteroatoms. The van der Waals surface area contributed by atoms with Crippen molar-refractivity contribution in [2.75, 3.05) is 24.7 Å². The normalized spacial score (nSPS) is 11.9. The van der Waals surface area contributed by atoms with Gasteiger partial charge in [0.25, 0.3) is 0 Å². The van der Waals surface area contributed by atoms with Gasteiger partial charge in [0, 0.05) is 13.1 Å². The number of nitrogens with zero attached hydrogens (tertiary/aromatic N) is 3. The van der Waals surface area contributed by atoms with Gasteiger partial charge in [0.2, 0.25) is 15.8 Å². The monoisotopic (exact) mass is 435 g/mol. The van der Waals surface area contributed by atoms with Crippen LogP contribution in [-0.4, -0.2) is 55.2 Å². The predicted molar refractivity (Wildman–Crippen MR) is 96.7 cm³/mol. The molecule has 1 aromatic carbocycles. The summed E-state index contributed by atoms with van der Waals surface area (Å²) in [5.74, 6) is -1.10. The number of carbonyl (C=O) groups is 1. The van der Waals surface area contributed by atoms with Gasteiger partial charge in [0.1, 0.15) is 5.82 Å². The Balaban J connectivity index is 2.07. The van der Waals surface area contributed by atoms with Crippen LogP contribution >= 0.6 is 11.6 Å².